The van der Waals surface area contributed by atoms with Crippen molar-refractivity contribution in [3.63, 3.8) is 0 Å². The molecule has 0 fully saturated rings. The molecule has 3 rings (SSSR count). The Morgan fingerprint density at radius 1 is 1.31 bits per heavy atom. The Bertz CT molecular complexity index is 1270. The van der Waals surface area contributed by atoms with Crippen molar-refractivity contribution in [2.24, 2.45) is 0 Å². The zero-order valence-electron chi connectivity index (χ0n) is 25.0. The highest BCUT2D eigenvalue weighted by Gasteiger charge is 2.18. The van der Waals surface area contributed by atoms with Gasteiger partial charge in [0.15, 0.2) is 0 Å². The van der Waals surface area contributed by atoms with Crippen LogP contribution >= 0.6 is 0 Å². The number of aromatic nitrogens is 1. The smallest absolute Gasteiger partial charge is 0.253 e. The maximum atomic E-state index is 12.4. The summed E-state index contributed by atoms with van der Waals surface area (Å²) in [5.74, 6) is 0.00713. The van der Waals surface area contributed by atoms with Crippen LogP contribution < -0.4 is 5.32 Å². The van der Waals surface area contributed by atoms with Crippen molar-refractivity contribution in [1.29, 1.82) is 0 Å². The lowest BCUT2D eigenvalue weighted by atomic mass is 9.93. The standard InChI is InChI=1S/C33H45N5O/c1-10-27(33(39)36(7)8)20-24(3)25(4)28-14-17-38(18-15-28)21-23(2)19-31-26(5)35-16-13-30(31)29-11-12-32(34-6)37(9)22-29/h10-14,16,19-20,22,32,34H,4,15,17-18,21H2,1-3,5-9H3/b23-19+,24-20-,27-10+. The Hall–Kier alpha value is -3.48. The van der Waals surface area contributed by atoms with Gasteiger partial charge >= 0.3 is 0 Å². The molecule has 0 saturated heterocycles. The van der Waals surface area contributed by atoms with Crippen molar-refractivity contribution in [3.05, 3.63) is 100 Å². The van der Waals surface area contributed by atoms with E-state index in [2.05, 4.69) is 84.1 Å². The number of carbonyl (C=O) groups is 1. The SMILES string of the molecule is C=C(C1=CCN(C/C(C)=C/c2c(C3=CN(C)C(NC)C=C3)ccnc2C)CC1)/C(C)=C\C(=C/C)C(=O)N(C)C. The van der Waals surface area contributed by atoms with Gasteiger partial charge in [-0.05, 0) is 87.2 Å². The summed E-state index contributed by atoms with van der Waals surface area (Å²) >= 11 is 0. The van der Waals surface area contributed by atoms with Crippen LogP contribution in [-0.4, -0.2) is 79.6 Å². The fourth-order valence-corrected chi connectivity index (χ4v) is 5.02. The molecule has 208 valence electrons. The summed E-state index contributed by atoms with van der Waals surface area (Å²) in [4.78, 5) is 23.2. The zero-order chi connectivity index (χ0) is 28.7. The van der Waals surface area contributed by atoms with E-state index in [0.717, 1.165) is 42.9 Å². The van der Waals surface area contributed by atoms with Gasteiger partial charge in [0.1, 0.15) is 0 Å². The summed E-state index contributed by atoms with van der Waals surface area (Å²) in [5, 5.41) is 3.30. The molecule has 1 aromatic heterocycles. The number of amides is 1. The second-order valence-electron chi connectivity index (χ2n) is 10.7. The fraction of sp³-hybridized carbons (Fsp3) is 0.394. The molecule has 1 unspecified atom stereocenters. The Balaban J connectivity index is 1.71. The lowest BCUT2D eigenvalue weighted by Gasteiger charge is -2.29. The summed E-state index contributed by atoms with van der Waals surface area (Å²) in [7, 11) is 7.61. The second kappa shape index (κ2) is 13.5. The number of hydrogen-bond acceptors (Lipinski definition) is 5. The van der Waals surface area contributed by atoms with Gasteiger partial charge in [-0.25, -0.2) is 0 Å². The van der Waals surface area contributed by atoms with Crippen LogP contribution in [0.4, 0.5) is 0 Å². The highest BCUT2D eigenvalue weighted by molar-refractivity contribution is 5.96. The van der Waals surface area contributed by atoms with Crippen LogP contribution in [0.3, 0.4) is 0 Å². The van der Waals surface area contributed by atoms with Crippen LogP contribution in [0.25, 0.3) is 11.6 Å². The van der Waals surface area contributed by atoms with Gasteiger partial charge in [-0.3, -0.25) is 20.0 Å². The topological polar surface area (TPSA) is 51.7 Å². The van der Waals surface area contributed by atoms with E-state index in [1.165, 1.54) is 27.8 Å². The minimum Gasteiger partial charge on any atom is -0.361 e. The van der Waals surface area contributed by atoms with Gasteiger partial charge in [0.2, 0.25) is 0 Å². The summed E-state index contributed by atoms with van der Waals surface area (Å²) in [5.41, 5.74) is 9.91. The normalized spacial score (nSPS) is 19.1. The van der Waals surface area contributed by atoms with Crippen molar-refractivity contribution in [1.82, 2.24) is 25.0 Å². The van der Waals surface area contributed by atoms with E-state index >= 15 is 0 Å². The lowest BCUT2D eigenvalue weighted by Crippen LogP contribution is -2.38. The molecule has 1 amide bonds. The van der Waals surface area contributed by atoms with Crippen LogP contribution in [0.15, 0.2) is 83.3 Å². The van der Waals surface area contributed by atoms with Gasteiger partial charge < -0.3 is 9.80 Å². The molecular formula is C33H45N5O. The molecule has 1 N–H and O–H groups in total. The number of hydrogen-bond donors (Lipinski definition) is 1. The van der Waals surface area contributed by atoms with Crippen molar-refractivity contribution >= 4 is 17.6 Å². The molecule has 0 aromatic carbocycles. The van der Waals surface area contributed by atoms with E-state index in [1.807, 2.05) is 39.2 Å². The third kappa shape index (κ3) is 7.55. The Morgan fingerprint density at radius 3 is 2.64 bits per heavy atom. The Labute approximate surface area is 235 Å². The van der Waals surface area contributed by atoms with Crippen molar-refractivity contribution in [3.8, 4) is 0 Å². The van der Waals surface area contributed by atoms with Crippen molar-refractivity contribution < 1.29 is 4.79 Å². The first kappa shape index (κ1) is 30.1. The number of rotatable bonds is 9. The summed E-state index contributed by atoms with van der Waals surface area (Å²) < 4.78 is 0. The molecule has 0 saturated carbocycles. The maximum Gasteiger partial charge on any atom is 0.253 e. The number of nitrogens with one attached hydrogen (secondary N) is 1. The molecule has 0 bridgehead atoms. The van der Waals surface area contributed by atoms with E-state index in [0.29, 0.717) is 5.57 Å². The summed E-state index contributed by atoms with van der Waals surface area (Å²) in [6.07, 6.45) is 18.0. The maximum absolute atomic E-state index is 12.4. The van der Waals surface area contributed by atoms with Crippen LogP contribution in [0.1, 0.15) is 44.0 Å². The minimum atomic E-state index is 0.00713. The third-order valence-corrected chi connectivity index (χ3v) is 7.39. The predicted molar refractivity (Wildman–Crippen MR) is 165 cm³/mol. The van der Waals surface area contributed by atoms with E-state index < -0.39 is 0 Å². The van der Waals surface area contributed by atoms with Gasteiger partial charge in [-0.15, -0.1) is 0 Å². The average molecular weight is 528 g/mol. The lowest BCUT2D eigenvalue weighted by molar-refractivity contribution is -0.124. The number of carbonyl (C=O) groups excluding carboxylic acids is 1. The molecule has 2 aliphatic rings. The van der Waals surface area contributed by atoms with Crippen molar-refractivity contribution in [2.45, 2.75) is 40.3 Å². The molecule has 39 heavy (non-hydrogen) atoms. The first-order chi connectivity index (χ1) is 18.5. The predicted octanol–water partition coefficient (Wildman–Crippen LogP) is 5.35. The van der Waals surface area contributed by atoms with Crippen LogP contribution in [-0.2, 0) is 4.79 Å². The minimum absolute atomic E-state index is 0.00713. The Kier molecular flexibility index (Phi) is 10.4. The van der Waals surface area contributed by atoms with E-state index in [4.69, 9.17) is 0 Å². The molecular weight excluding hydrogens is 482 g/mol. The third-order valence-electron chi connectivity index (χ3n) is 7.39. The molecule has 0 aliphatic carbocycles. The van der Waals surface area contributed by atoms with Gasteiger partial charge in [-0.2, -0.15) is 0 Å². The van der Waals surface area contributed by atoms with Crippen molar-refractivity contribution in [2.75, 3.05) is 47.8 Å². The van der Waals surface area contributed by atoms with Crippen LogP contribution in [0.5, 0.6) is 0 Å². The number of aryl methyl sites for hydroxylation is 1. The van der Waals surface area contributed by atoms with Gasteiger partial charge in [0.25, 0.3) is 5.91 Å². The van der Waals surface area contributed by atoms with E-state index in [1.54, 1.807) is 19.0 Å². The van der Waals surface area contributed by atoms with Gasteiger partial charge in [0, 0.05) is 70.0 Å². The second-order valence-corrected chi connectivity index (χ2v) is 10.7. The zero-order valence-corrected chi connectivity index (χ0v) is 25.0. The number of allylic oxidation sites excluding steroid dienone is 5. The summed E-state index contributed by atoms with van der Waals surface area (Å²) in [6.45, 7) is 15.3. The van der Waals surface area contributed by atoms with Crippen LogP contribution in [0.2, 0.25) is 0 Å². The highest BCUT2D eigenvalue weighted by Crippen LogP contribution is 2.28. The molecule has 0 spiro atoms. The molecule has 2 aliphatic heterocycles. The van der Waals surface area contributed by atoms with Gasteiger partial charge in [0.05, 0.1) is 6.17 Å². The average Bonchev–Trinajstić information content (AvgIpc) is 2.92. The fourth-order valence-electron chi connectivity index (χ4n) is 5.02. The number of likely N-dealkylation sites (N-methyl/N-ethyl adjacent to an activating group) is 3. The largest absolute Gasteiger partial charge is 0.361 e. The Morgan fingerprint density at radius 2 is 2.05 bits per heavy atom. The summed E-state index contributed by atoms with van der Waals surface area (Å²) in [6, 6.07) is 2.11. The number of nitrogens with zero attached hydrogens (tertiary/aromatic N) is 4. The monoisotopic (exact) mass is 527 g/mol. The number of pyridine rings is 1. The molecule has 6 heteroatoms. The molecule has 3 heterocycles. The van der Waals surface area contributed by atoms with Crippen LogP contribution in [0, 0.1) is 6.92 Å². The van der Waals surface area contributed by atoms with E-state index in [-0.39, 0.29) is 12.1 Å². The quantitative estimate of drug-likeness (QED) is 0.347. The highest BCUT2D eigenvalue weighted by atomic mass is 16.2. The van der Waals surface area contributed by atoms with Gasteiger partial charge in [-0.1, -0.05) is 36.5 Å². The molecule has 1 atom stereocenters. The first-order valence-corrected chi connectivity index (χ1v) is 13.6. The van der Waals surface area contributed by atoms with E-state index in [9.17, 15) is 4.79 Å². The molecule has 0 radical (unpaired) electrons. The first-order valence-electron chi connectivity index (χ1n) is 13.6. The molecule has 6 nitrogen and oxygen atoms in total. The molecule has 1 aromatic rings.